The summed E-state index contributed by atoms with van der Waals surface area (Å²) in [5.41, 5.74) is 5.93. The molecule has 2 aromatic carbocycles. The van der Waals surface area contributed by atoms with E-state index in [9.17, 15) is 18.0 Å². The summed E-state index contributed by atoms with van der Waals surface area (Å²) >= 11 is 0. The number of aromatic nitrogens is 4. The Labute approximate surface area is 176 Å². The molecule has 12 nitrogen and oxygen atoms in total. The van der Waals surface area contributed by atoms with Gasteiger partial charge in [-0.3, -0.25) is 30.2 Å². The number of fused-ring (bicyclic) bond motifs is 1. The van der Waals surface area contributed by atoms with Crippen molar-refractivity contribution in [2.45, 2.75) is 17.9 Å². The van der Waals surface area contributed by atoms with Crippen LogP contribution >= 0.6 is 0 Å². The summed E-state index contributed by atoms with van der Waals surface area (Å²) in [6.45, 7) is 1.48. The molecule has 3 aromatic rings. The number of nitrogens with zero attached hydrogens (tertiary/aromatic N) is 5. The van der Waals surface area contributed by atoms with Gasteiger partial charge in [-0.2, -0.15) is 0 Å². The molecule has 1 atom stereocenters. The highest BCUT2D eigenvalue weighted by atomic mass is 32.2. The molecule has 0 saturated heterocycles. The number of hydrogen-bond donors (Lipinski definition) is 3. The number of nitrogens with one attached hydrogen (secondary N) is 3. The van der Waals surface area contributed by atoms with Crippen LogP contribution < -0.4 is 15.6 Å². The van der Waals surface area contributed by atoms with Crippen molar-refractivity contribution in [3.8, 4) is 5.69 Å². The Hall–Kier alpha value is -4.13. The molecule has 13 heteroatoms. The first-order chi connectivity index (χ1) is 14.8. The average Bonchev–Trinajstić information content (AvgIpc) is 3.39. The highest BCUT2D eigenvalue weighted by Crippen LogP contribution is 2.22. The van der Waals surface area contributed by atoms with Crippen LogP contribution in [0, 0.1) is 0 Å². The summed E-state index contributed by atoms with van der Waals surface area (Å²) < 4.78 is 28.0. The molecule has 0 aliphatic carbocycles. The van der Waals surface area contributed by atoms with Gasteiger partial charge in [-0.25, -0.2) is 13.1 Å². The van der Waals surface area contributed by atoms with Gasteiger partial charge in [0.05, 0.1) is 10.6 Å². The molecule has 0 saturated carbocycles. The number of amides is 2. The zero-order valence-corrected chi connectivity index (χ0v) is 16.9. The fraction of sp³-hybridized carbons (Fsp3) is 0.111. The Bertz CT molecular complexity index is 1270. The van der Waals surface area contributed by atoms with Crippen LogP contribution in [0.1, 0.15) is 22.8 Å². The van der Waals surface area contributed by atoms with Crippen molar-refractivity contribution in [1.82, 2.24) is 35.8 Å². The van der Waals surface area contributed by atoms with Gasteiger partial charge in [-0.15, -0.1) is 5.10 Å². The zero-order valence-electron chi connectivity index (χ0n) is 16.1. The van der Waals surface area contributed by atoms with Crippen LogP contribution in [0.2, 0.25) is 0 Å². The zero-order chi connectivity index (χ0) is 22.0. The number of rotatable bonds is 4. The summed E-state index contributed by atoms with van der Waals surface area (Å²) in [7, 11) is -3.70. The van der Waals surface area contributed by atoms with Crippen molar-refractivity contribution in [2.75, 3.05) is 0 Å². The van der Waals surface area contributed by atoms with Crippen LogP contribution in [0.25, 0.3) is 5.69 Å². The molecule has 2 heterocycles. The molecule has 1 aliphatic heterocycles. The summed E-state index contributed by atoms with van der Waals surface area (Å²) in [5.74, 6) is -1.08. The van der Waals surface area contributed by atoms with Crippen molar-refractivity contribution < 1.29 is 18.0 Å². The predicted octanol–water partition coefficient (Wildman–Crippen LogP) is -0.449. The molecule has 1 aromatic heterocycles. The quantitative estimate of drug-likeness (QED) is 0.463. The lowest BCUT2D eigenvalue weighted by Crippen LogP contribution is -2.45. The van der Waals surface area contributed by atoms with Gasteiger partial charge in [0.1, 0.15) is 18.2 Å². The predicted molar refractivity (Wildman–Crippen MR) is 108 cm³/mol. The standard InChI is InChI=1S/C18H16N8O4S/c1-11(20-16-14-4-2-3-5-15(14)31(29,30)23-16)17(27)21-22-18(28)12-6-8-13(9-7-12)26-10-19-24-25-26/h2-11H,1H3,(H,20,23)(H,21,27)(H,22,28). The van der Waals surface area contributed by atoms with E-state index in [1.165, 1.54) is 24.0 Å². The second-order valence-corrected chi connectivity index (χ2v) is 8.15. The Morgan fingerprint density at radius 1 is 1.10 bits per heavy atom. The highest BCUT2D eigenvalue weighted by Gasteiger charge is 2.31. The Morgan fingerprint density at radius 2 is 1.84 bits per heavy atom. The van der Waals surface area contributed by atoms with Crippen molar-refractivity contribution in [3.63, 3.8) is 0 Å². The van der Waals surface area contributed by atoms with Crippen LogP contribution in [0.15, 0.2) is 64.7 Å². The topological polar surface area (TPSA) is 160 Å². The van der Waals surface area contributed by atoms with E-state index in [1.807, 2.05) is 0 Å². The Balaban J connectivity index is 1.39. The van der Waals surface area contributed by atoms with E-state index in [0.717, 1.165) is 0 Å². The number of tetrazole rings is 1. The fourth-order valence-corrected chi connectivity index (χ4v) is 4.06. The maximum Gasteiger partial charge on any atom is 0.269 e. The van der Waals surface area contributed by atoms with Crippen LogP contribution in [0.4, 0.5) is 0 Å². The third-order valence-electron chi connectivity index (χ3n) is 4.41. The Morgan fingerprint density at radius 3 is 2.55 bits per heavy atom. The molecule has 4 rings (SSSR count). The highest BCUT2D eigenvalue weighted by molar-refractivity contribution is 7.90. The van der Waals surface area contributed by atoms with Gasteiger partial charge < -0.3 is 0 Å². The number of carbonyl (C=O) groups is 2. The van der Waals surface area contributed by atoms with Gasteiger partial charge >= 0.3 is 0 Å². The molecule has 31 heavy (non-hydrogen) atoms. The van der Waals surface area contributed by atoms with Crippen molar-refractivity contribution >= 4 is 27.7 Å². The van der Waals surface area contributed by atoms with Gasteiger partial charge in [0, 0.05) is 11.1 Å². The first kappa shape index (κ1) is 20.2. The maximum atomic E-state index is 12.3. The van der Waals surface area contributed by atoms with E-state index in [0.29, 0.717) is 16.8 Å². The summed E-state index contributed by atoms with van der Waals surface area (Å²) in [4.78, 5) is 28.8. The van der Waals surface area contributed by atoms with Crippen molar-refractivity contribution in [1.29, 1.82) is 0 Å². The number of benzene rings is 2. The lowest BCUT2D eigenvalue weighted by molar-refractivity contribution is -0.122. The first-order valence-electron chi connectivity index (χ1n) is 8.99. The normalized spacial score (nSPS) is 16.2. The van der Waals surface area contributed by atoms with E-state index in [1.54, 1.807) is 42.5 Å². The van der Waals surface area contributed by atoms with E-state index in [4.69, 9.17) is 0 Å². The number of aliphatic imine (C=N–C) groups is 1. The molecule has 1 unspecified atom stereocenters. The Kier molecular flexibility index (Phi) is 5.17. The first-order valence-corrected chi connectivity index (χ1v) is 10.5. The van der Waals surface area contributed by atoms with Gasteiger partial charge in [-0.1, -0.05) is 12.1 Å². The van der Waals surface area contributed by atoms with Crippen molar-refractivity contribution in [3.05, 3.63) is 66.0 Å². The van der Waals surface area contributed by atoms with Gasteiger partial charge in [0.15, 0.2) is 0 Å². The lowest BCUT2D eigenvalue weighted by atomic mass is 10.2. The lowest BCUT2D eigenvalue weighted by Gasteiger charge is -2.11. The maximum absolute atomic E-state index is 12.3. The molecule has 0 radical (unpaired) electrons. The number of hydrogen-bond acceptors (Lipinski definition) is 8. The van der Waals surface area contributed by atoms with Crippen LogP contribution in [-0.2, 0) is 14.8 Å². The molecule has 0 bridgehead atoms. The molecular formula is C18H16N8O4S. The second kappa shape index (κ2) is 7.95. The summed E-state index contributed by atoms with van der Waals surface area (Å²) in [5, 5.41) is 10.8. The largest absolute Gasteiger partial charge is 0.271 e. The second-order valence-electron chi connectivity index (χ2n) is 6.50. The van der Waals surface area contributed by atoms with Crippen LogP contribution in [-0.4, -0.2) is 52.3 Å². The monoisotopic (exact) mass is 440 g/mol. The third kappa shape index (κ3) is 4.11. The minimum Gasteiger partial charge on any atom is -0.271 e. The summed E-state index contributed by atoms with van der Waals surface area (Å²) in [6.07, 6.45) is 1.42. The van der Waals surface area contributed by atoms with E-state index >= 15 is 0 Å². The number of hydrazine groups is 1. The SMILES string of the molecule is CC(N=C1NS(=O)(=O)c2ccccc21)C(=O)NNC(=O)c1ccc(-n2cnnn2)cc1. The van der Waals surface area contributed by atoms with Crippen LogP contribution in [0.5, 0.6) is 0 Å². The van der Waals surface area contributed by atoms with Gasteiger partial charge in [0.2, 0.25) is 0 Å². The minimum atomic E-state index is -3.70. The van der Waals surface area contributed by atoms with E-state index in [2.05, 4.69) is 36.1 Å². The number of carbonyl (C=O) groups excluding carboxylic acids is 2. The van der Waals surface area contributed by atoms with E-state index in [-0.39, 0.29) is 10.7 Å². The molecule has 2 amide bonds. The average molecular weight is 440 g/mol. The molecule has 158 valence electrons. The van der Waals surface area contributed by atoms with E-state index < -0.39 is 27.9 Å². The minimum absolute atomic E-state index is 0.0720. The fourth-order valence-electron chi connectivity index (χ4n) is 2.82. The number of amidine groups is 1. The molecule has 0 fully saturated rings. The third-order valence-corrected chi connectivity index (χ3v) is 5.80. The van der Waals surface area contributed by atoms with Crippen molar-refractivity contribution in [2.24, 2.45) is 4.99 Å². The molecule has 3 N–H and O–H groups in total. The van der Waals surface area contributed by atoms with Crippen LogP contribution in [0.3, 0.4) is 0 Å². The van der Waals surface area contributed by atoms with Gasteiger partial charge in [0.25, 0.3) is 21.8 Å². The smallest absolute Gasteiger partial charge is 0.269 e. The number of sulfonamides is 1. The van der Waals surface area contributed by atoms with Gasteiger partial charge in [-0.05, 0) is 53.7 Å². The molecule has 1 aliphatic rings. The molecular weight excluding hydrogens is 424 g/mol. The molecule has 0 spiro atoms. The summed E-state index contributed by atoms with van der Waals surface area (Å²) in [6, 6.07) is 11.7.